The highest BCUT2D eigenvalue weighted by atomic mass is 32.1. The van der Waals surface area contributed by atoms with E-state index in [2.05, 4.69) is 22.8 Å². The van der Waals surface area contributed by atoms with E-state index < -0.39 is 0 Å². The highest BCUT2D eigenvalue weighted by Crippen LogP contribution is 2.30. The topological polar surface area (TPSA) is 34.1 Å². The summed E-state index contributed by atoms with van der Waals surface area (Å²) in [4.78, 5) is 4.76. The predicted octanol–water partition coefficient (Wildman–Crippen LogP) is 2.90. The second kappa shape index (κ2) is 5.08. The number of hydrogen-bond donors (Lipinski definition) is 1. The summed E-state index contributed by atoms with van der Waals surface area (Å²) < 4.78 is 5.17. The van der Waals surface area contributed by atoms with E-state index in [4.69, 9.17) is 9.72 Å². The number of rotatable bonds is 3. The van der Waals surface area contributed by atoms with E-state index in [-0.39, 0.29) is 0 Å². The highest BCUT2D eigenvalue weighted by Gasteiger charge is 2.19. The van der Waals surface area contributed by atoms with E-state index in [1.54, 1.807) is 18.4 Å². The summed E-state index contributed by atoms with van der Waals surface area (Å²) in [7, 11) is 1.68. The van der Waals surface area contributed by atoms with Crippen molar-refractivity contribution < 1.29 is 4.74 Å². The molecule has 1 aromatic heterocycles. The molecule has 0 radical (unpaired) electrons. The van der Waals surface area contributed by atoms with Gasteiger partial charge in [-0.3, -0.25) is 0 Å². The molecule has 1 aromatic carbocycles. The van der Waals surface area contributed by atoms with Gasteiger partial charge in [-0.25, -0.2) is 4.98 Å². The number of ether oxygens (including phenoxy) is 1. The fourth-order valence-electron chi connectivity index (χ4n) is 2.23. The summed E-state index contributed by atoms with van der Waals surface area (Å²) in [5.41, 5.74) is 2.23. The number of nitrogens with one attached hydrogen (secondary N) is 1. The van der Waals surface area contributed by atoms with Gasteiger partial charge in [0.15, 0.2) is 0 Å². The van der Waals surface area contributed by atoms with Crippen molar-refractivity contribution in [2.45, 2.75) is 12.3 Å². The van der Waals surface area contributed by atoms with E-state index in [9.17, 15) is 0 Å². The SMILES string of the molecule is COc1ccc(-c2csc(C3CCNC3)n2)cc1. The van der Waals surface area contributed by atoms with Gasteiger partial charge in [0, 0.05) is 23.4 Å². The van der Waals surface area contributed by atoms with Crippen LogP contribution in [0.15, 0.2) is 29.6 Å². The van der Waals surface area contributed by atoms with E-state index in [0.717, 1.165) is 30.1 Å². The summed E-state index contributed by atoms with van der Waals surface area (Å²) in [5, 5.41) is 6.79. The third-order valence-corrected chi connectivity index (χ3v) is 4.32. The minimum atomic E-state index is 0.599. The van der Waals surface area contributed by atoms with E-state index in [1.165, 1.54) is 11.4 Å². The molecule has 4 heteroatoms. The van der Waals surface area contributed by atoms with Crippen LogP contribution < -0.4 is 10.1 Å². The molecule has 18 heavy (non-hydrogen) atoms. The zero-order valence-electron chi connectivity index (χ0n) is 10.3. The lowest BCUT2D eigenvalue weighted by Crippen LogP contribution is -2.07. The predicted molar refractivity (Wildman–Crippen MR) is 74.3 cm³/mol. The third-order valence-electron chi connectivity index (χ3n) is 3.32. The maximum Gasteiger partial charge on any atom is 0.118 e. The van der Waals surface area contributed by atoms with Crippen LogP contribution in [0.2, 0.25) is 0 Å². The van der Waals surface area contributed by atoms with Crippen molar-refractivity contribution in [1.82, 2.24) is 10.3 Å². The fraction of sp³-hybridized carbons (Fsp3) is 0.357. The Morgan fingerprint density at radius 2 is 2.17 bits per heavy atom. The summed E-state index contributed by atoms with van der Waals surface area (Å²) in [6, 6.07) is 8.08. The van der Waals surface area contributed by atoms with Crippen LogP contribution in [0.1, 0.15) is 17.3 Å². The number of nitrogens with zero attached hydrogens (tertiary/aromatic N) is 1. The molecule has 1 N–H and O–H groups in total. The fourth-order valence-corrected chi connectivity index (χ4v) is 3.20. The van der Waals surface area contributed by atoms with E-state index >= 15 is 0 Å². The molecule has 1 fully saturated rings. The van der Waals surface area contributed by atoms with Crippen LogP contribution in [0.25, 0.3) is 11.3 Å². The molecule has 94 valence electrons. The average Bonchev–Trinajstić information content (AvgIpc) is 3.09. The minimum Gasteiger partial charge on any atom is -0.497 e. The van der Waals surface area contributed by atoms with Crippen LogP contribution in [0.3, 0.4) is 0 Å². The second-order valence-electron chi connectivity index (χ2n) is 4.49. The molecule has 0 spiro atoms. The molecular formula is C14H16N2OS. The monoisotopic (exact) mass is 260 g/mol. The maximum atomic E-state index is 5.17. The zero-order chi connectivity index (χ0) is 12.4. The molecular weight excluding hydrogens is 244 g/mol. The molecule has 1 aliphatic heterocycles. The van der Waals surface area contributed by atoms with Gasteiger partial charge >= 0.3 is 0 Å². The van der Waals surface area contributed by atoms with Gasteiger partial charge in [0.2, 0.25) is 0 Å². The first-order chi connectivity index (χ1) is 8.86. The smallest absolute Gasteiger partial charge is 0.118 e. The maximum absolute atomic E-state index is 5.17. The number of aromatic nitrogens is 1. The summed E-state index contributed by atoms with van der Waals surface area (Å²) in [5.74, 6) is 1.48. The first-order valence-corrected chi connectivity index (χ1v) is 7.05. The van der Waals surface area contributed by atoms with Crippen molar-refractivity contribution in [3.63, 3.8) is 0 Å². The zero-order valence-corrected chi connectivity index (χ0v) is 11.2. The first-order valence-electron chi connectivity index (χ1n) is 6.17. The van der Waals surface area contributed by atoms with Crippen LogP contribution in [-0.2, 0) is 0 Å². The van der Waals surface area contributed by atoms with Gasteiger partial charge in [0.1, 0.15) is 5.75 Å². The average molecular weight is 260 g/mol. The Bertz CT molecular complexity index is 515. The van der Waals surface area contributed by atoms with Crippen LogP contribution in [0.4, 0.5) is 0 Å². The Morgan fingerprint density at radius 3 is 2.83 bits per heavy atom. The number of thiazole rings is 1. The molecule has 1 saturated heterocycles. The molecule has 1 unspecified atom stereocenters. The Kier molecular flexibility index (Phi) is 3.30. The molecule has 2 heterocycles. The highest BCUT2D eigenvalue weighted by molar-refractivity contribution is 7.10. The van der Waals surface area contributed by atoms with Gasteiger partial charge in [0.05, 0.1) is 17.8 Å². The molecule has 0 amide bonds. The van der Waals surface area contributed by atoms with Crippen LogP contribution in [-0.4, -0.2) is 25.2 Å². The van der Waals surface area contributed by atoms with Crippen molar-refractivity contribution >= 4 is 11.3 Å². The van der Waals surface area contributed by atoms with Gasteiger partial charge in [-0.15, -0.1) is 11.3 Å². The number of hydrogen-bond acceptors (Lipinski definition) is 4. The Labute approximate surface area is 111 Å². The molecule has 0 bridgehead atoms. The molecule has 1 atom stereocenters. The lowest BCUT2D eigenvalue weighted by Gasteiger charge is -2.03. The van der Waals surface area contributed by atoms with Crippen molar-refractivity contribution in [2.24, 2.45) is 0 Å². The summed E-state index contributed by atoms with van der Waals surface area (Å²) in [6.45, 7) is 2.18. The Hall–Kier alpha value is -1.39. The molecule has 3 nitrogen and oxygen atoms in total. The van der Waals surface area contributed by atoms with Crippen LogP contribution >= 0.6 is 11.3 Å². The minimum absolute atomic E-state index is 0.599. The van der Waals surface area contributed by atoms with Gasteiger partial charge in [-0.1, -0.05) is 0 Å². The van der Waals surface area contributed by atoms with Gasteiger partial charge in [0.25, 0.3) is 0 Å². The molecule has 0 aliphatic carbocycles. The summed E-state index contributed by atoms with van der Waals surface area (Å²) in [6.07, 6.45) is 1.20. The van der Waals surface area contributed by atoms with Gasteiger partial charge in [-0.2, -0.15) is 0 Å². The summed E-state index contributed by atoms with van der Waals surface area (Å²) >= 11 is 1.77. The normalized spacial score (nSPS) is 19.1. The third kappa shape index (κ3) is 2.26. The van der Waals surface area contributed by atoms with Gasteiger partial charge in [-0.05, 0) is 37.2 Å². The number of benzene rings is 1. The molecule has 3 rings (SSSR count). The standard InChI is InChI=1S/C14H16N2OS/c1-17-12-4-2-10(3-5-12)13-9-18-14(16-13)11-6-7-15-8-11/h2-5,9,11,15H,6-8H2,1H3. The molecule has 0 saturated carbocycles. The van der Waals surface area contributed by atoms with Crippen molar-refractivity contribution in [1.29, 1.82) is 0 Å². The van der Waals surface area contributed by atoms with E-state index in [0.29, 0.717) is 5.92 Å². The molecule has 1 aliphatic rings. The Morgan fingerprint density at radius 1 is 1.33 bits per heavy atom. The van der Waals surface area contributed by atoms with Crippen LogP contribution in [0.5, 0.6) is 5.75 Å². The van der Waals surface area contributed by atoms with Crippen molar-refractivity contribution in [3.8, 4) is 17.0 Å². The first kappa shape index (κ1) is 11.7. The lowest BCUT2D eigenvalue weighted by molar-refractivity contribution is 0.415. The van der Waals surface area contributed by atoms with Crippen molar-refractivity contribution in [3.05, 3.63) is 34.7 Å². The van der Waals surface area contributed by atoms with Crippen LogP contribution in [0, 0.1) is 0 Å². The van der Waals surface area contributed by atoms with Gasteiger partial charge < -0.3 is 10.1 Å². The number of methoxy groups -OCH3 is 1. The molecule has 2 aromatic rings. The van der Waals surface area contributed by atoms with Crippen molar-refractivity contribution in [2.75, 3.05) is 20.2 Å². The largest absolute Gasteiger partial charge is 0.497 e. The van der Waals surface area contributed by atoms with E-state index in [1.807, 2.05) is 12.1 Å². The second-order valence-corrected chi connectivity index (χ2v) is 5.38. The quantitative estimate of drug-likeness (QED) is 0.921. The lowest BCUT2D eigenvalue weighted by atomic mass is 10.1. The Balaban J connectivity index is 1.82.